The largest absolute Gasteiger partial charge is 0.497 e. The Balaban J connectivity index is 1.90. The highest BCUT2D eigenvalue weighted by Crippen LogP contribution is 2.50. The van der Waals surface area contributed by atoms with Gasteiger partial charge >= 0.3 is 5.88 Å². The number of anilines is 1. The number of carbonyl (C=O) groups is 1. The number of nitrogen functional groups attached to an aromatic ring is 1. The zero-order chi connectivity index (χ0) is 21.5. The molecule has 1 aliphatic carbocycles. The van der Waals surface area contributed by atoms with Gasteiger partial charge < -0.3 is 15.2 Å². The zero-order valence-corrected chi connectivity index (χ0v) is 18.2. The molecule has 0 spiro atoms. The second-order valence-corrected chi connectivity index (χ2v) is 8.98. The molecule has 0 radical (unpaired) electrons. The van der Waals surface area contributed by atoms with Crippen molar-refractivity contribution >= 4 is 11.6 Å². The molecule has 0 saturated heterocycles. The fourth-order valence-corrected chi connectivity index (χ4v) is 4.46. The van der Waals surface area contributed by atoms with E-state index in [0.29, 0.717) is 30.1 Å². The molecule has 1 aliphatic heterocycles. The standard InChI is InChI=1S/C24H29N3O3/c1-5-6-11-27-14-26-23-21(22(27)25)19(15-7-9-16(29-4)10-8-15)20-17(28)12-24(2,3)13-18(20)30-23/h7-10,14,19,25H,5-6,11-13H2,1-4H3/p+1/t19-/m1/s1. The van der Waals surface area contributed by atoms with E-state index >= 15 is 0 Å². The minimum Gasteiger partial charge on any atom is -0.497 e. The van der Waals surface area contributed by atoms with Crippen LogP contribution in [0.15, 0.2) is 41.9 Å². The summed E-state index contributed by atoms with van der Waals surface area (Å²) in [5.74, 6) is 2.44. The highest BCUT2D eigenvalue weighted by Gasteiger charge is 2.45. The Hall–Kier alpha value is -2.89. The lowest BCUT2D eigenvalue weighted by atomic mass is 9.70. The number of Topliss-reactive ketones (excluding diaryl/α,β-unsaturated/α-hetero) is 1. The number of benzene rings is 1. The van der Waals surface area contributed by atoms with Gasteiger partial charge in [0.15, 0.2) is 5.78 Å². The fourth-order valence-electron chi connectivity index (χ4n) is 4.46. The Morgan fingerprint density at radius 1 is 1.27 bits per heavy atom. The van der Waals surface area contributed by atoms with Crippen LogP contribution >= 0.6 is 0 Å². The van der Waals surface area contributed by atoms with Crippen molar-refractivity contribution in [2.24, 2.45) is 5.41 Å². The molecule has 2 aliphatic rings. The quantitative estimate of drug-likeness (QED) is 0.759. The number of rotatable bonds is 5. The van der Waals surface area contributed by atoms with E-state index in [1.807, 2.05) is 28.8 Å². The lowest BCUT2D eigenvalue weighted by Crippen LogP contribution is -2.41. The van der Waals surface area contributed by atoms with Crippen LogP contribution in [0.2, 0.25) is 0 Å². The van der Waals surface area contributed by atoms with Crippen molar-refractivity contribution in [3.8, 4) is 11.6 Å². The molecule has 0 unspecified atom stereocenters. The first-order valence-corrected chi connectivity index (χ1v) is 10.6. The third kappa shape index (κ3) is 3.55. The van der Waals surface area contributed by atoms with Gasteiger partial charge in [-0.25, -0.2) is 4.57 Å². The van der Waals surface area contributed by atoms with Gasteiger partial charge in [-0.05, 0) is 29.5 Å². The van der Waals surface area contributed by atoms with Crippen LogP contribution in [0.25, 0.3) is 0 Å². The number of methoxy groups -OCH3 is 1. The maximum Gasteiger partial charge on any atom is 0.305 e. The van der Waals surface area contributed by atoms with Crippen LogP contribution in [0.5, 0.6) is 11.6 Å². The number of unbranched alkanes of at least 4 members (excludes halogenated alkanes) is 1. The topological polar surface area (TPSA) is 78.3 Å². The van der Waals surface area contributed by atoms with E-state index < -0.39 is 0 Å². The third-order valence-electron chi connectivity index (χ3n) is 6.01. The minimum atomic E-state index is -0.292. The van der Waals surface area contributed by atoms with Crippen molar-refractivity contribution in [2.75, 3.05) is 12.8 Å². The molecule has 0 amide bonds. The number of fused-ring (bicyclic) bond motifs is 1. The van der Waals surface area contributed by atoms with E-state index in [1.54, 1.807) is 13.4 Å². The Morgan fingerprint density at radius 2 is 2.00 bits per heavy atom. The van der Waals surface area contributed by atoms with Gasteiger partial charge in [-0.1, -0.05) is 44.3 Å². The maximum atomic E-state index is 13.3. The zero-order valence-electron chi connectivity index (χ0n) is 18.2. The van der Waals surface area contributed by atoms with Gasteiger partial charge in [-0.2, -0.15) is 0 Å². The Morgan fingerprint density at radius 3 is 2.67 bits per heavy atom. The summed E-state index contributed by atoms with van der Waals surface area (Å²) in [5, 5.41) is 0. The first kappa shape index (κ1) is 20.4. The summed E-state index contributed by atoms with van der Waals surface area (Å²) >= 11 is 0. The molecule has 2 aromatic rings. The minimum absolute atomic E-state index is 0.121. The summed E-state index contributed by atoms with van der Waals surface area (Å²) in [4.78, 5) is 17.9. The second kappa shape index (κ2) is 7.74. The van der Waals surface area contributed by atoms with Crippen LogP contribution in [0.3, 0.4) is 0 Å². The number of ketones is 1. The smallest absolute Gasteiger partial charge is 0.305 e. The molecule has 158 valence electrons. The average molecular weight is 409 g/mol. The third-order valence-corrected chi connectivity index (χ3v) is 6.01. The number of hydrogen-bond donors (Lipinski definition) is 1. The summed E-state index contributed by atoms with van der Waals surface area (Å²) in [6, 6.07) is 7.83. The van der Waals surface area contributed by atoms with Crippen molar-refractivity contribution in [3.05, 3.63) is 53.1 Å². The molecule has 30 heavy (non-hydrogen) atoms. The molecule has 0 fully saturated rings. The first-order valence-electron chi connectivity index (χ1n) is 10.6. The van der Waals surface area contributed by atoms with Gasteiger partial charge in [0.25, 0.3) is 0 Å². The summed E-state index contributed by atoms with van der Waals surface area (Å²) in [7, 11) is 1.64. The predicted molar refractivity (Wildman–Crippen MR) is 114 cm³/mol. The fraction of sp³-hybridized carbons (Fsp3) is 0.458. The molecule has 1 aromatic heterocycles. The molecule has 0 saturated carbocycles. The van der Waals surface area contributed by atoms with Gasteiger partial charge in [0.05, 0.1) is 19.6 Å². The molecule has 6 nitrogen and oxygen atoms in total. The maximum absolute atomic E-state index is 13.3. The number of nitrogens with two attached hydrogens (primary N) is 1. The Bertz CT molecular complexity index is 1010. The average Bonchev–Trinajstić information content (AvgIpc) is 2.71. The van der Waals surface area contributed by atoms with E-state index in [9.17, 15) is 4.79 Å². The molecule has 6 heteroatoms. The van der Waals surface area contributed by atoms with Gasteiger partial charge in [0.1, 0.15) is 17.1 Å². The van der Waals surface area contributed by atoms with E-state index in [4.69, 9.17) is 15.2 Å². The van der Waals surface area contributed by atoms with Crippen LogP contribution in [0.4, 0.5) is 5.82 Å². The number of aromatic nitrogens is 2. The van der Waals surface area contributed by atoms with Gasteiger partial charge in [-0.3, -0.25) is 4.79 Å². The first-order chi connectivity index (χ1) is 14.3. The van der Waals surface area contributed by atoms with Crippen LogP contribution in [0.1, 0.15) is 63.5 Å². The van der Waals surface area contributed by atoms with Crippen LogP contribution in [-0.2, 0) is 11.3 Å². The van der Waals surface area contributed by atoms with Gasteiger partial charge in [0.2, 0.25) is 12.1 Å². The van der Waals surface area contributed by atoms with E-state index in [2.05, 4.69) is 25.8 Å². The van der Waals surface area contributed by atoms with Crippen molar-refractivity contribution in [2.45, 2.75) is 58.9 Å². The number of aryl methyl sites for hydroxylation is 1. The number of nitrogens with zero attached hydrogens (tertiary/aromatic N) is 2. The monoisotopic (exact) mass is 408 g/mol. The number of carbonyl (C=O) groups excluding carboxylic acids is 1. The van der Waals surface area contributed by atoms with Crippen LogP contribution in [0, 0.1) is 5.41 Å². The Kier molecular flexibility index (Phi) is 5.26. The van der Waals surface area contributed by atoms with Crippen molar-refractivity contribution < 1.29 is 18.8 Å². The molecule has 2 heterocycles. The lowest BCUT2D eigenvalue weighted by molar-refractivity contribution is -0.686. The number of allylic oxidation sites excluding steroid dienone is 2. The summed E-state index contributed by atoms with van der Waals surface area (Å²) in [6.45, 7) is 7.12. The second-order valence-electron chi connectivity index (χ2n) is 8.98. The summed E-state index contributed by atoms with van der Waals surface area (Å²) in [6.07, 6.45) is 5.01. The molecule has 2 N–H and O–H groups in total. The van der Waals surface area contributed by atoms with E-state index in [0.717, 1.165) is 42.0 Å². The molecule has 4 rings (SSSR count). The lowest BCUT2D eigenvalue weighted by Gasteiger charge is -2.37. The van der Waals surface area contributed by atoms with Crippen molar-refractivity contribution in [1.29, 1.82) is 0 Å². The molecule has 1 atom stereocenters. The number of hydrogen-bond acceptors (Lipinski definition) is 5. The molecule has 0 bridgehead atoms. The molecule has 1 aromatic carbocycles. The molecular formula is C24H30N3O3+. The van der Waals surface area contributed by atoms with Crippen LogP contribution < -0.4 is 19.8 Å². The SMILES string of the molecule is CCCC[n+]1cnc2c(c1N)[C@H](c1ccc(OC)cc1)C1=C(CC(C)(C)CC1=O)O2. The Labute approximate surface area is 177 Å². The van der Waals surface area contributed by atoms with Crippen molar-refractivity contribution in [3.63, 3.8) is 0 Å². The number of ether oxygens (including phenoxy) is 2. The predicted octanol–water partition coefficient (Wildman–Crippen LogP) is 3.93. The summed E-state index contributed by atoms with van der Waals surface area (Å²) < 4.78 is 13.5. The highest BCUT2D eigenvalue weighted by molar-refractivity contribution is 6.00. The van der Waals surface area contributed by atoms with Gasteiger partial charge in [-0.15, -0.1) is 0 Å². The van der Waals surface area contributed by atoms with E-state index in [1.165, 1.54) is 0 Å². The summed E-state index contributed by atoms with van der Waals surface area (Å²) in [5.41, 5.74) is 8.98. The van der Waals surface area contributed by atoms with Crippen LogP contribution in [-0.4, -0.2) is 17.9 Å². The van der Waals surface area contributed by atoms with Gasteiger partial charge in [0, 0.05) is 18.4 Å². The van der Waals surface area contributed by atoms with E-state index in [-0.39, 0.29) is 17.1 Å². The molecular weight excluding hydrogens is 378 g/mol. The highest BCUT2D eigenvalue weighted by atomic mass is 16.5. The van der Waals surface area contributed by atoms with Crippen molar-refractivity contribution in [1.82, 2.24) is 4.98 Å². The normalized spacial score (nSPS) is 19.7.